The van der Waals surface area contributed by atoms with Crippen LogP contribution in [-0.2, 0) is 13.0 Å². The molecule has 130 valence electrons. The first-order valence-corrected chi connectivity index (χ1v) is 8.58. The molecule has 1 atom stereocenters. The van der Waals surface area contributed by atoms with Gasteiger partial charge < -0.3 is 25.2 Å². The Balaban J connectivity index is 2.34. The van der Waals surface area contributed by atoms with Crippen LogP contribution in [0.5, 0.6) is 11.5 Å². The van der Waals surface area contributed by atoms with E-state index >= 15 is 0 Å². The average Bonchev–Trinajstić information content (AvgIpc) is 2.58. The fourth-order valence-corrected chi connectivity index (χ4v) is 3.39. The largest absolute Gasteiger partial charge is 0.496 e. The van der Waals surface area contributed by atoms with Crippen LogP contribution in [0.25, 0.3) is 0 Å². The highest BCUT2D eigenvalue weighted by atomic mass is 16.5. The summed E-state index contributed by atoms with van der Waals surface area (Å²) < 4.78 is 11.4. The highest BCUT2D eigenvalue weighted by Gasteiger charge is 2.27. The molecule has 1 unspecified atom stereocenters. The molecule has 0 radical (unpaired) electrons. The van der Waals surface area contributed by atoms with E-state index < -0.39 is 0 Å². The zero-order valence-corrected chi connectivity index (χ0v) is 14.6. The fraction of sp³-hybridized carbons (Fsp3) is 0.667. The van der Waals surface area contributed by atoms with E-state index in [0.29, 0.717) is 6.04 Å². The molecule has 0 aliphatic carbocycles. The summed E-state index contributed by atoms with van der Waals surface area (Å²) in [6.07, 6.45) is 3.94. The van der Waals surface area contributed by atoms with Gasteiger partial charge in [-0.05, 0) is 38.4 Å². The Labute approximate surface area is 139 Å². The molecule has 0 aromatic heterocycles. The number of benzene rings is 1. The van der Waals surface area contributed by atoms with Crippen molar-refractivity contribution in [1.29, 1.82) is 0 Å². The maximum atomic E-state index is 8.89. The second-order valence-electron chi connectivity index (χ2n) is 5.96. The number of aliphatic hydroxyl groups excluding tert-OH is 1. The van der Waals surface area contributed by atoms with Crippen LogP contribution in [-0.4, -0.2) is 39.0 Å². The normalized spacial score (nSPS) is 17.0. The predicted octanol–water partition coefficient (Wildman–Crippen LogP) is 2.16. The van der Waals surface area contributed by atoms with Crippen LogP contribution < -0.4 is 20.1 Å². The molecule has 1 aromatic rings. The fourth-order valence-electron chi connectivity index (χ4n) is 3.39. The molecule has 23 heavy (non-hydrogen) atoms. The molecule has 5 nitrogen and oxygen atoms in total. The summed E-state index contributed by atoms with van der Waals surface area (Å²) in [6.45, 7) is 4.90. The monoisotopic (exact) mass is 322 g/mol. The van der Waals surface area contributed by atoms with Crippen LogP contribution in [0.4, 0.5) is 0 Å². The van der Waals surface area contributed by atoms with Gasteiger partial charge >= 0.3 is 0 Å². The molecule has 1 aliphatic heterocycles. The molecule has 0 amide bonds. The Morgan fingerprint density at radius 1 is 1.35 bits per heavy atom. The van der Waals surface area contributed by atoms with E-state index in [1.54, 1.807) is 14.2 Å². The van der Waals surface area contributed by atoms with Crippen molar-refractivity contribution in [3.05, 3.63) is 22.8 Å². The number of methoxy groups -OCH3 is 2. The maximum absolute atomic E-state index is 8.89. The van der Waals surface area contributed by atoms with E-state index in [9.17, 15) is 0 Å². The average molecular weight is 322 g/mol. The van der Waals surface area contributed by atoms with E-state index in [0.717, 1.165) is 62.4 Å². The molecule has 0 fully saturated rings. The lowest BCUT2D eigenvalue weighted by Gasteiger charge is -2.31. The summed E-state index contributed by atoms with van der Waals surface area (Å²) in [7, 11) is 3.48. The summed E-state index contributed by atoms with van der Waals surface area (Å²) in [5.41, 5.74) is 3.66. The van der Waals surface area contributed by atoms with Crippen molar-refractivity contribution in [1.82, 2.24) is 10.6 Å². The Morgan fingerprint density at radius 3 is 2.83 bits per heavy atom. The van der Waals surface area contributed by atoms with Gasteiger partial charge in [0.05, 0.1) is 14.2 Å². The number of rotatable bonds is 9. The van der Waals surface area contributed by atoms with Gasteiger partial charge in [0.25, 0.3) is 0 Å². The minimum atomic E-state index is 0.210. The van der Waals surface area contributed by atoms with Crippen molar-refractivity contribution in [3.8, 4) is 11.5 Å². The minimum absolute atomic E-state index is 0.210. The van der Waals surface area contributed by atoms with Gasteiger partial charge in [-0.15, -0.1) is 0 Å². The van der Waals surface area contributed by atoms with Crippen molar-refractivity contribution in [2.75, 3.05) is 33.9 Å². The first kappa shape index (κ1) is 18.0. The minimum Gasteiger partial charge on any atom is -0.496 e. The molecule has 0 saturated heterocycles. The third kappa shape index (κ3) is 4.16. The molecule has 1 heterocycles. The van der Waals surface area contributed by atoms with Gasteiger partial charge in [0.1, 0.15) is 11.5 Å². The van der Waals surface area contributed by atoms with Crippen LogP contribution in [0.3, 0.4) is 0 Å². The van der Waals surface area contributed by atoms with Crippen LogP contribution >= 0.6 is 0 Å². The Hall–Kier alpha value is -1.30. The molecule has 2 rings (SSSR count). The van der Waals surface area contributed by atoms with Crippen LogP contribution in [0.2, 0.25) is 0 Å². The smallest absolute Gasteiger partial charge is 0.127 e. The summed E-state index contributed by atoms with van der Waals surface area (Å²) >= 11 is 0. The molecule has 3 N–H and O–H groups in total. The van der Waals surface area contributed by atoms with Crippen LogP contribution in [0.1, 0.15) is 48.9 Å². The highest BCUT2D eigenvalue weighted by molar-refractivity contribution is 5.56. The van der Waals surface area contributed by atoms with E-state index in [1.807, 2.05) is 0 Å². The number of aliphatic hydroxyl groups is 1. The zero-order chi connectivity index (χ0) is 16.7. The summed E-state index contributed by atoms with van der Waals surface area (Å²) in [4.78, 5) is 0. The lowest BCUT2D eigenvalue weighted by Crippen LogP contribution is -2.31. The Bertz CT molecular complexity index is 506. The van der Waals surface area contributed by atoms with Gasteiger partial charge in [0.2, 0.25) is 0 Å². The number of fused-ring (bicyclic) bond motifs is 1. The van der Waals surface area contributed by atoms with Crippen molar-refractivity contribution in [2.24, 2.45) is 0 Å². The summed E-state index contributed by atoms with van der Waals surface area (Å²) in [6, 6.07) is 2.43. The van der Waals surface area contributed by atoms with Gasteiger partial charge in [-0.3, -0.25) is 0 Å². The first-order chi connectivity index (χ1) is 11.3. The predicted molar refractivity (Wildman–Crippen MR) is 92.3 cm³/mol. The van der Waals surface area contributed by atoms with Gasteiger partial charge in [-0.2, -0.15) is 0 Å². The number of ether oxygens (including phenoxy) is 2. The quantitative estimate of drug-likeness (QED) is 0.608. The number of hydrogen-bond acceptors (Lipinski definition) is 5. The van der Waals surface area contributed by atoms with Crippen molar-refractivity contribution in [3.63, 3.8) is 0 Å². The Kier molecular flexibility index (Phi) is 7.15. The summed E-state index contributed by atoms with van der Waals surface area (Å²) in [5.74, 6) is 1.94. The summed E-state index contributed by atoms with van der Waals surface area (Å²) in [5, 5.41) is 15.9. The van der Waals surface area contributed by atoms with Gasteiger partial charge in [0.15, 0.2) is 0 Å². The van der Waals surface area contributed by atoms with Gasteiger partial charge in [-0.25, -0.2) is 0 Å². The molecule has 0 bridgehead atoms. The molecule has 5 heteroatoms. The number of nitrogens with one attached hydrogen (secondary N) is 2. The van der Waals surface area contributed by atoms with Crippen LogP contribution in [0.15, 0.2) is 6.07 Å². The topological polar surface area (TPSA) is 62.8 Å². The highest BCUT2D eigenvalue weighted by Crippen LogP contribution is 2.41. The third-order valence-corrected chi connectivity index (χ3v) is 4.40. The molecular formula is C18H30N2O3. The first-order valence-electron chi connectivity index (χ1n) is 8.58. The maximum Gasteiger partial charge on any atom is 0.127 e. The molecule has 1 aromatic carbocycles. The molecular weight excluding hydrogens is 292 g/mol. The molecule has 0 saturated carbocycles. The third-order valence-electron chi connectivity index (χ3n) is 4.40. The van der Waals surface area contributed by atoms with E-state index in [1.165, 1.54) is 11.1 Å². The SMILES string of the molecule is CCCC1NCCc2c(OC)c(CNCCCO)cc(OC)c21. The van der Waals surface area contributed by atoms with Crippen molar-refractivity contribution >= 4 is 0 Å². The Morgan fingerprint density at radius 2 is 2.17 bits per heavy atom. The van der Waals surface area contributed by atoms with Gasteiger partial charge in [0, 0.05) is 35.9 Å². The molecule has 0 spiro atoms. The number of hydrogen-bond donors (Lipinski definition) is 3. The van der Waals surface area contributed by atoms with E-state index in [2.05, 4.69) is 23.6 Å². The zero-order valence-electron chi connectivity index (χ0n) is 14.6. The van der Waals surface area contributed by atoms with Crippen molar-refractivity contribution < 1.29 is 14.6 Å². The van der Waals surface area contributed by atoms with Gasteiger partial charge in [-0.1, -0.05) is 13.3 Å². The molecule has 1 aliphatic rings. The standard InChI is InChI=1S/C18H30N2O3/c1-4-6-15-17-14(7-9-20-15)18(23-3)13(11-16(17)22-2)12-19-8-5-10-21/h11,15,19-21H,4-10,12H2,1-3H3. The lowest BCUT2D eigenvalue weighted by atomic mass is 9.88. The second-order valence-corrected chi connectivity index (χ2v) is 5.96. The van der Waals surface area contributed by atoms with Crippen molar-refractivity contribution in [2.45, 2.75) is 45.2 Å². The van der Waals surface area contributed by atoms with Crippen LogP contribution in [0, 0.1) is 0 Å². The van der Waals surface area contributed by atoms with E-state index in [-0.39, 0.29) is 6.61 Å². The lowest BCUT2D eigenvalue weighted by molar-refractivity contribution is 0.285. The van der Waals surface area contributed by atoms with E-state index in [4.69, 9.17) is 14.6 Å². The second kappa shape index (κ2) is 9.11.